The zero-order valence-corrected chi connectivity index (χ0v) is 9.98. The lowest BCUT2D eigenvalue weighted by molar-refractivity contribution is 0.102. The van der Waals surface area contributed by atoms with E-state index in [1.165, 1.54) is 17.5 Å². The molecule has 0 saturated carbocycles. The lowest BCUT2D eigenvalue weighted by Gasteiger charge is -2.00. The number of aromatic nitrogens is 3. The Labute approximate surface area is 101 Å². The van der Waals surface area contributed by atoms with Crippen LogP contribution in [0.3, 0.4) is 0 Å². The van der Waals surface area contributed by atoms with E-state index in [4.69, 9.17) is 12.2 Å². The van der Waals surface area contributed by atoms with E-state index in [0.29, 0.717) is 14.6 Å². The van der Waals surface area contributed by atoms with Crippen LogP contribution in [0.4, 0.5) is 5.13 Å². The van der Waals surface area contributed by atoms with Gasteiger partial charge in [0.05, 0.1) is 5.56 Å². The van der Waals surface area contributed by atoms with Crippen LogP contribution in [0.25, 0.3) is 0 Å². The van der Waals surface area contributed by atoms with E-state index in [9.17, 15) is 4.79 Å². The van der Waals surface area contributed by atoms with E-state index in [1.807, 2.05) is 6.92 Å². The van der Waals surface area contributed by atoms with Gasteiger partial charge in [0, 0.05) is 11.9 Å². The average molecular weight is 252 g/mol. The van der Waals surface area contributed by atoms with Gasteiger partial charge in [-0.15, -0.1) is 5.10 Å². The molecule has 1 amide bonds. The molecule has 0 atom stereocenters. The highest BCUT2D eigenvalue weighted by molar-refractivity contribution is 7.73. The number of aryl methyl sites for hydroxylation is 1. The van der Waals surface area contributed by atoms with Gasteiger partial charge in [-0.05, 0) is 31.3 Å². The number of carbonyl (C=O) groups is 1. The maximum atomic E-state index is 11.7. The first-order valence-electron chi connectivity index (χ1n) is 4.44. The molecule has 82 valence electrons. The SMILES string of the molecule is Cc1ccc(C(=O)Nc2n[nH]c(=S)s2)cn1. The van der Waals surface area contributed by atoms with Gasteiger partial charge in [0.2, 0.25) is 5.13 Å². The third kappa shape index (κ3) is 2.50. The molecule has 0 unspecified atom stereocenters. The molecule has 16 heavy (non-hydrogen) atoms. The number of H-pyrrole nitrogens is 1. The zero-order valence-electron chi connectivity index (χ0n) is 8.35. The van der Waals surface area contributed by atoms with Crippen LogP contribution in [0.1, 0.15) is 16.1 Å². The van der Waals surface area contributed by atoms with Gasteiger partial charge in [0.25, 0.3) is 5.91 Å². The first-order valence-corrected chi connectivity index (χ1v) is 5.67. The number of anilines is 1. The molecule has 0 radical (unpaired) electrons. The third-order valence-electron chi connectivity index (χ3n) is 1.83. The van der Waals surface area contributed by atoms with Crippen molar-refractivity contribution in [2.45, 2.75) is 6.92 Å². The van der Waals surface area contributed by atoms with Crippen molar-refractivity contribution >= 4 is 34.6 Å². The first-order chi connectivity index (χ1) is 7.65. The van der Waals surface area contributed by atoms with E-state index in [-0.39, 0.29) is 5.91 Å². The molecule has 2 heterocycles. The summed E-state index contributed by atoms with van der Waals surface area (Å²) in [5.74, 6) is -0.245. The number of hydrogen-bond donors (Lipinski definition) is 2. The van der Waals surface area contributed by atoms with Crippen LogP contribution in [0.5, 0.6) is 0 Å². The Morgan fingerprint density at radius 3 is 2.94 bits per heavy atom. The standard InChI is InChI=1S/C9H8N4OS2/c1-5-2-3-6(4-10-5)7(14)11-8-12-13-9(15)16-8/h2-4H,1H3,(H,13,15)(H,11,12,14). The van der Waals surface area contributed by atoms with Gasteiger partial charge in [-0.3, -0.25) is 20.2 Å². The molecule has 0 aromatic carbocycles. The normalized spacial score (nSPS) is 10.1. The molecule has 0 bridgehead atoms. The van der Waals surface area contributed by atoms with Crippen molar-refractivity contribution in [2.24, 2.45) is 0 Å². The molecule has 2 rings (SSSR count). The molecular formula is C9H8N4OS2. The largest absolute Gasteiger partial charge is 0.296 e. The van der Waals surface area contributed by atoms with Gasteiger partial charge in [-0.25, -0.2) is 0 Å². The maximum absolute atomic E-state index is 11.7. The summed E-state index contributed by atoms with van der Waals surface area (Å²) in [6.07, 6.45) is 1.52. The van der Waals surface area contributed by atoms with Crippen molar-refractivity contribution in [2.75, 3.05) is 5.32 Å². The van der Waals surface area contributed by atoms with Gasteiger partial charge in [-0.2, -0.15) is 0 Å². The fraction of sp³-hybridized carbons (Fsp3) is 0.111. The number of aromatic amines is 1. The van der Waals surface area contributed by atoms with Crippen molar-refractivity contribution < 1.29 is 4.79 Å². The number of pyridine rings is 1. The fourth-order valence-electron chi connectivity index (χ4n) is 1.05. The minimum atomic E-state index is -0.245. The molecule has 7 heteroatoms. The molecule has 0 fully saturated rings. The van der Waals surface area contributed by atoms with E-state index in [2.05, 4.69) is 20.5 Å². The molecule has 0 aliphatic carbocycles. The Kier molecular flexibility index (Phi) is 3.07. The van der Waals surface area contributed by atoms with E-state index >= 15 is 0 Å². The molecule has 2 aromatic heterocycles. The second kappa shape index (κ2) is 4.50. The molecule has 2 N–H and O–H groups in total. The van der Waals surface area contributed by atoms with Crippen LogP contribution >= 0.6 is 23.6 Å². The topological polar surface area (TPSA) is 70.7 Å². The molecule has 0 aliphatic heterocycles. The summed E-state index contributed by atoms with van der Waals surface area (Å²) < 4.78 is 0.525. The van der Waals surface area contributed by atoms with Gasteiger partial charge < -0.3 is 0 Å². The molecular weight excluding hydrogens is 244 g/mol. The van der Waals surface area contributed by atoms with Crippen LogP contribution in [-0.4, -0.2) is 21.1 Å². The van der Waals surface area contributed by atoms with E-state index < -0.39 is 0 Å². The summed E-state index contributed by atoms with van der Waals surface area (Å²) in [6, 6.07) is 3.49. The molecule has 5 nitrogen and oxygen atoms in total. The van der Waals surface area contributed by atoms with Crippen molar-refractivity contribution in [3.05, 3.63) is 33.5 Å². The predicted molar refractivity (Wildman–Crippen MR) is 64.2 cm³/mol. The summed E-state index contributed by atoms with van der Waals surface area (Å²) in [4.78, 5) is 15.7. The maximum Gasteiger partial charge on any atom is 0.259 e. The Morgan fingerprint density at radius 2 is 2.38 bits per heavy atom. The van der Waals surface area contributed by atoms with Crippen molar-refractivity contribution in [1.82, 2.24) is 15.2 Å². The second-order valence-corrected chi connectivity index (χ2v) is 4.73. The minimum Gasteiger partial charge on any atom is -0.296 e. The van der Waals surface area contributed by atoms with Crippen molar-refractivity contribution in [3.8, 4) is 0 Å². The quantitative estimate of drug-likeness (QED) is 0.803. The number of carbonyl (C=O) groups excluding carboxylic acids is 1. The Hall–Kier alpha value is -1.60. The fourth-order valence-corrected chi connectivity index (χ4v) is 1.84. The summed E-state index contributed by atoms with van der Waals surface area (Å²) in [5, 5.41) is 9.51. The summed E-state index contributed by atoms with van der Waals surface area (Å²) in [5.41, 5.74) is 1.36. The monoisotopic (exact) mass is 252 g/mol. The smallest absolute Gasteiger partial charge is 0.259 e. The number of hydrogen-bond acceptors (Lipinski definition) is 5. The Bertz CT molecular complexity index is 557. The molecule has 0 saturated heterocycles. The number of nitrogens with zero attached hydrogens (tertiary/aromatic N) is 2. The first kappa shape index (κ1) is 10.9. The van der Waals surface area contributed by atoms with Gasteiger partial charge in [0.1, 0.15) is 0 Å². The lowest BCUT2D eigenvalue weighted by Crippen LogP contribution is -2.12. The number of amides is 1. The summed E-state index contributed by atoms with van der Waals surface area (Å²) in [7, 11) is 0. The van der Waals surface area contributed by atoms with Crippen molar-refractivity contribution in [3.63, 3.8) is 0 Å². The van der Waals surface area contributed by atoms with Crippen molar-refractivity contribution in [1.29, 1.82) is 0 Å². The van der Waals surface area contributed by atoms with Gasteiger partial charge >= 0.3 is 0 Å². The van der Waals surface area contributed by atoms with Gasteiger partial charge in [0.15, 0.2) is 3.95 Å². The minimum absolute atomic E-state index is 0.245. The lowest BCUT2D eigenvalue weighted by atomic mass is 10.2. The summed E-state index contributed by atoms with van der Waals surface area (Å²) >= 11 is 6.07. The second-order valence-electron chi connectivity index (χ2n) is 3.06. The highest BCUT2D eigenvalue weighted by Crippen LogP contribution is 2.12. The highest BCUT2D eigenvalue weighted by Gasteiger charge is 2.07. The molecule has 0 spiro atoms. The number of rotatable bonds is 2. The summed E-state index contributed by atoms with van der Waals surface area (Å²) in [6.45, 7) is 1.86. The van der Waals surface area contributed by atoms with Gasteiger partial charge in [-0.1, -0.05) is 11.3 Å². The Balaban J connectivity index is 2.14. The Morgan fingerprint density at radius 1 is 1.56 bits per heavy atom. The zero-order chi connectivity index (χ0) is 11.5. The van der Waals surface area contributed by atoms with Crippen LogP contribution in [-0.2, 0) is 0 Å². The molecule has 0 aliphatic rings. The molecule has 2 aromatic rings. The third-order valence-corrected chi connectivity index (χ3v) is 2.84. The van der Waals surface area contributed by atoms with Crippen LogP contribution in [0.15, 0.2) is 18.3 Å². The number of nitrogens with one attached hydrogen (secondary N) is 2. The highest BCUT2D eigenvalue weighted by atomic mass is 32.1. The van der Waals surface area contributed by atoms with Crippen LogP contribution in [0, 0.1) is 10.9 Å². The van der Waals surface area contributed by atoms with Crippen LogP contribution < -0.4 is 5.32 Å². The predicted octanol–water partition coefficient (Wildman–Crippen LogP) is 2.16. The van der Waals surface area contributed by atoms with E-state index in [1.54, 1.807) is 12.1 Å². The van der Waals surface area contributed by atoms with Crippen LogP contribution in [0.2, 0.25) is 0 Å². The van der Waals surface area contributed by atoms with E-state index in [0.717, 1.165) is 5.69 Å². The average Bonchev–Trinajstić information content (AvgIpc) is 2.65.